The molecule has 0 atom stereocenters. The van der Waals surface area contributed by atoms with Gasteiger partial charge in [0.1, 0.15) is 0 Å². The SMILES string of the molecule is Cl.O=c1nc2ccccc2c2cc1-2. The van der Waals surface area contributed by atoms with Crippen LogP contribution in [0.4, 0.5) is 0 Å². The number of rotatable bonds is 0. The summed E-state index contributed by atoms with van der Waals surface area (Å²) >= 11 is 0. The van der Waals surface area contributed by atoms with Gasteiger partial charge in [0.15, 0.2) is 0 Å². The highest BCUT2D eigenvalue weighted by molar-refractivity contribution is 6.02. The lowest BCUT2D eigenvalue weighted by Crippen LogP contribution is -2.02. The molecule has 3 heteroatoms. The quantitative estimate of drug-likeness (QED) is 0.544. The number of halogens is 1. The van der Waals surface area contributed by atoms with Crippen LogP contribution in [-0.2, 0) is 0 Å². The van der Waals surface area contributed by atoms with Crippen molar-refractivity contribution >= 4 is 23.3 Å². The van der Waals surface area contributed by atoms with Crippen LogP contribution in [0.5, 0.6) is 0 Å². The Bertz CT molecular complexity index is 551. The van der Waals surface area contributed by atoms with E-state index in [0.717, 1.165) is 22.0 Å². The molecule has 0 aromatic heterocycles. The topological polar surface area (TPSA) is 30.0 Å². The fourth-order valence-electron chi connectivity index (χ4n) is 1.48. The van der Waals surface area contributed by atoms with Crippen LogP contribution in [-0.4, -0.2) is 4.98 Å². The van der Waals surface area contributed by atoms with Crippen molar-refractivity contribution in [1.82, 2.24) is 4.98 Å². The Morgan fingerprint density at radius 1 is 1.08 bits per heavy atom. The van der Waals surface area contributed by atoms with E-state index in [1.54, 1.807) is 0 Å². The summed E-state index contributed by atoms with van der Waals surface area (Å²) in [6, 6.07) is 9.59. The van der Waals surface area contributed by atoms with E-state index in [0.29, 0.717) is 0 Å². The maximum atomic E-state index is 11.1. The predicted molar refractivity (Wildman–Crippen MR) is 54.3 cm³/mol. The second-order valence-corrected chi connectivity index (χ2v) is 2.91. The molecule has 3 rings (SSSR count). The molecule has 1 heterocycles. The van der Waals surface area contributed by atoms with E-state index in [-0.39, 0.29) is 18.0 Å². The van der Waals surface area contributed by atoms with Gasteiger partial charge in [-0.3, -0.25) is 4.79 Å². The van der Waals surface area contributed by atoms with Crippen molar-refractivity contribution in [2.45, 2.75) is 0 Å². The molecule has 0 bridgehead atoms. The lowest BCUT2D eigenvalue weighted by atomic mass is 10.2. The summed E-state index contributed by atoms with van der Waals surface area (Å²) < 4.78 is 0. The van der Waals surface area contributed by atoms with Crippen molar-refractivity contribution in [3.63, 3.8) is 0 Å². The predicted octanol–water partition coefficient (Wildman–Crippen LogP) is 2.00. The molecule has 1 aromatic rings. The molecule has 0 unspecified atom stereocenters. The maximum absolute atomic E-state index is 11.1. The van der Waals surface area contributed by atoms with E-state index in [1.807, 2.05) is 30.3 Å². The van der Waals surface area contributed by atoms with Crippen LogP contribution in [0.3, 0.4) is 0 Å². The summed E-state index contributed by atoms with van der Waals surface area (Å²) in [5, 5.41) is 1.09. The van der Waals surface area contributed by atoms with Crippen LogP contribution in [0, 0.1) is 0 Å². The zero-order valence-electron chi connectivity index (χ0n) is 6.65. The third-order valence-electron chi connectivity index (χ3n) is 2.14. The van der Waals surface area contributed by atoms with Gasteiger partial charge in [-0.2, -0.15) is 0 Å². The Labute approximate surface area is 80.7 Å². The summed E-state index contributed by atoms with van der Waals surface area (Å²) in [5.74, 6) is 0. The summed E-state index contributed by atoms with van der Waals surface area (Å²) in [4.78, 5) is 15.1. The number of hydrogen-bond acceptors (Lipinski definition) is 2. The average molecular weight is 192 g/mol. The molecule has 0 saturated carbocycles. The van der Waals surface area contributed by atoms with Crippen molar-refractivity contribution < 1.29 is 0 Å². The van der Waals surface area contributed by atoms with Gasteiger partial charge in [0, 0.05) is 5.39 Å². The average Bonchev–Trinajstić information content (AvgIpc) is 2.84. The van der Waals surface area contributed by atoms with Gasteiger partial charge >= 0.3 is 0 Å². The second kappa shape index (κ2) is 2.54. The van der Waals surface area contributed by atoms with E-state index < -0.39 is 0 Å². The Kier molecular flexibility index (Phi) is 1.60. The molecule has 1 aliphatic carbocycles. The second-order valence-electron chi connectivity index (χ2n) is 2.91. The number of hydrogen-bond donors (Lipinski definition) is 0. The standard InChI is InChI=1S/C10H5NO.ClH/c12-10-8-5-7(8)6-3-1-2-4-9(6)11-10;/h1-5H;1H. The molecule has 0 amide bonds. The molecule has 13 heavy (non-hydrogen) atoms. The van der Waals surface area contributed by atoms with Gasteiger partial charge in [-0.25, -0.2) is 4.98 Å². The number of benzene rings is 1. The Balaban J connectivity index is 0.000000653. The molecule has 0 spiro atoms. The van der Waals surface area contributed by atoms with E-state index >= 15 is 0 Å². The third-order valence-corrected chi connectivity index (χ3v) is 2.14. The van der Waals surface area contributed by atoms with Crippen molar-refractivity contribution in [2.24, 2.45) is 0 Å². The largest absolute Gasteiger partial charge is 0.278 e. The molecule has 1 aromatic carbocycles. The van der Waals surface area contributed by atoms with Crippen molar-refractivity contribution in [1.29, 1.82) is 0 Å². The summed E-state index contributed by atoms with van der Waals surface area (Å²) in [6.45, 7) is 0. The van der Waals surface area contributed by atoms with Crippen LogP contribution < -0.4 is 5.56 Å². The monoisotopic (exact) mass is 191 g/mol. The highest BCUT2D eigenvalue weighted by atomic mass is 35.5. The molecular formula is C10H6ClNO. The van der Waals surface area contributed by atoms with Crippen LogP contribution in [0.25, 0.3) is 22.0 Å². The lowest BCUT2D eigenvalue weighted by Gasteiger charge is -1.93. The summed E-state index contributed by atoms with van der Waals surface area (Å²) in [7, 11) is 0. The zero-order chi connectivity index (χ0) is 8.13. The van der Waals surface area contributed by atoms with Crippen LogP contribution in [0.2, 0.25) is 0 Å². The molecule has 1 aliphatic heterocycles. The number of nitrogens with zero attached hydrogens (tertiary/aromatic N) is 1. The molecule has 0 fully saturated rings. The first kappa shape index (κ1) is 8.20. The Hall–Kier alpha value is -1.41. The van der Waals surface area contributed by atoms with Gasteiger partial charge in [-0.1, -0.05) is 18.2 Å². The molecule has 2 aliphatic rings. The molecule has 2 nitrogen and oxygen atoms in total. The minimum absolute atomic E-state index is 0. The van der Waals surface area contributed by atoms with Crippen LogP contribution >= 0.6 is 12.4 Å². The van der Waals surface area contributed by atoms with Gasteiger partial charge in [0.05, 0.1) is 11.1 Å². The van der Waals surface area contributed by atoms with Crippen LogP contribution in [0.15, 0.2) is 35.1 Å². The fraction of sp³-hybridized carbons (Fsp3) is 0. The minimum Gasteiger partial charge on any atom is -0.267 e. The van der Waals surface area contributed by atoms with Gasteiger partial charge < -0.3 is 0 Å². The molecule has 0 saturated heterocycles. The van der Waals surface area contributed by atoms with Crippen molar-refractivity contribution in [2.75, 3.05) is 0 Å². The maximum Gasteiger partial charge on any atom is 0.278 e. The van der Waals surface area contributed by atoms with Crippen molar-refractivity contribution in [3.8, 4) is 11.1 Å². The minimum atomic E-state index is -0.0938. The van der Waals surface area contributed by atoms with E-state index in [1.165, 1.54) is 0 Å². The number of aromatic nitrogens is 1. The first-order valence-corrected chi connectivity index (χ1v) is 3.81. The zero-order valence-corrected chi connectivity index (χ0v) is 7.47. The number of pyridine rings is 1. The van der Waals surface area contributed by atoms with Gasteiger partial charge in [0.25, 0.3) is 5.56 Å². The fourth-order valence-corrected chi connectivity index (χ4v) is 1.48. The first-order chi connectivity index (χ1) is 5.86. The third kappa shape index (κ3) is 1.03. The molecule has 0 radical (unpaired) electrons. The normalized spacial score (nSPS) is 10.8. The first-order valence-electron chi connectivity index (χ1n) is 3.81. The highest BCUT2D eigenvalue weighted by Crippen LogP contribution is 2.34. The number of fused-ring (bicyclic) bond motifs is 3. The molecule has 0 N–H and O–H groups in total. The Morgan fingerprint density at radius 2 is 1.85 bits per heavy atom. The number of para-hydroxylation sites is 1. The van der Waals surface area contributed by atoms with Gasteiger partial charge in [0.2, 0.25) is 0 Å². The molecule has 64 valence electrons. The lowest BCUT2D eigenvalue weighted by molar-refractivity contribution is 1.33. The summed E-state index contributed by atoms with van der Waals surface area (Å²) in [6.07, 6.45) is 0. The molecular weight excluding hydrogens is 186 g/mol. The van der Waals surface area contributed by atoms with Crippen molar-refractivity contribution in [3.05, 3.63) is 40.7 Å². The van der Waals surface area contributed by atoms with Gasteiger partial charge in [-0.15, -0.1) is 12.4 Å². The smallest absolute Gasteiger partial charge is 0.267 e. The Morgan fingerprint density at radius 3 is 2.69 bits per heavy atom. The van der Waals surface area contributed by atoms with E-state index in [4.69, 9.17) is 0 Å². The van der Waals surface area contributed by atoms with E-state index in [9.17, 15) is 4.79 Å². The van der Waals surface area contributed by atoms with Crippen LogP contribution in [0.1, 0.15) is 0 Å². The van der Waals surface area contributed by atoms with Gasteiger partial charge in [-0.05, 0) is 17.7 Å². The highest BCUT2D eigenvalue weighted by Gasteiger charge is 2.19. The summed E-state index contributed by atoms with van der Waals surface area (Å²) in [5.41, 5.74) is 2.57. The van der Waals surface area contributed by atoms with E-state index in [2.05, 4.69) is 4.98 Å².